The molecule has 2 heterocycles. The van der Waals surface area contributed by atoms with Crippen LogP contribution >= 0.6 is 56.8 Å². The molecule has 4 aromatic rings. The number of hydrogen-bond acceptors (Lipinski definition) is 7. The van der Waals surface area contributed by atoms with Gasteiger partial charge in [0.2, 0.25) is 11.8 Å². The lowest BCUT2D eigenvalue weighted by molar-refractivity contribution is -0.138. The van der Waals surface area contributed by atoms with Crippen LogP contribution in [0.25, 0.3) is 0 Å². The van der Waals surface area contributed by atoms with E-state index in [0.29, 0.717) is 31.1 Å². The van der Waals surface area contributed by atoms with Crippen molar-refractivity contribution in [3.63, 3.8) is 0 Å². The Balaban J connectivity index is 1.35. The van der Waals surface area contributed by atoms with E-state index in [-0.39, 0.29) is 36.2 Å². The maximum Gasteiger partial charge on any atom is 0.260 e. The standard InChI is InChI=1S/C39H29ClFI2N3O6/c1-52-31-17-19(16-30(43)34(31)47)33-26-14-15-27-32(37(50)45(35(27)48)25-12-8-23(42)9-13-25)28(26)18-29-36(49)46(44-24-10-6-22(41)7-11-24)38(51)39(29,33)20-2-4-21(40)5-3-20/h2-14,16-17,27-29,32-33,44,47H,15,18H2,1H3/t27-,28+,29-,32-,33-,39+/m0/s1. The summed E-state index contributed by atoms with van der Waals surface area (Å²) in [5.41, 5.74) is 4.07. The molecule has 2 aliphatic heterocycles. The summed E-state index contributed by atoms with van der Waals surface area (Å²) in [4.78, 5) is 59.9. The zero-order chi connectivity index (χ0) is 36.6. The molecule has 1 saturated carbocycles. The molecule has 0 radical (unpaired) electrons. The van der Waals surface area contributed by atoms with Gasteiger partial charge in [-0.2, -0.15) is 5.01 Å². The fraction of sp³-hybridized carbons (Fsp3) is 0.231. The number of aromatic hydroxyl groups is 1. The number of amides is 4. The molecule has 6 atom stereocenters. The fourth-order valence-corrected chi connectivity index (χ4v) is 9.90. The molecule has 3 fully saturated rings. The van der Waals surface area contributed by atoms with Crippen LogP contribution in [0.3, 0.4) is 0 Å². The predicted octanol–water partition coefficient (Wildman–Crippen LogP) is 7.59. The molecule has 2 saturated heterocycles. The number of hydrogen-bond donors (Lipinski definition) is 2. The lowest BCUT2D eigenvalue weighted by Gasteiger charge is -2.50. The molecule has 4 aromatic carbocycles. The Labute approximate surface area is 330 Å². The predicted molar refractivity (Wildman–Crippen MR) is 208 cm³/mol. The Morgan fingerprint density at radius 1 is 0.904 bits per heavy atom. The van der Waals surface area contributed by atoms with Gasteiger partial charge in [0, 0.05) is 14.5 Å². The maximum absolute atomic E-state index is 15.3. The number of carbonyl (C=O) groups excluding carboxylic acids is 4. The Morgan fingerprint density at radius 2 is 1.60 bits per heavy atom. The Bertz CT molecular complexity index is 2200. The second-order valence-electron chi connectivity index (χ2n) is 13.4. The number of nitrogens with one attached hydrogen (secondary N) is 1. The van der Waals surface area contributed by atoms with E-state index in [2.05, 4.69) is 28.0 Å². The third-order valence-corrected chi connectivity index (χ3v) is 12.7. The number of nitrogens with zero attached hydrogens (tertiary/aromatic N) is 2. The van der Waals surface area contributed by atoms with Crippen LogP contribution in [0.2, 0.25) is 5.02 Å². The molecular weight excluding hydrogens is 915 g/mol. The summed E-state index contributed by atoms with van der Waals surface area (Å²) in [6, 6.07) is 22.8. The van der Waals surface area contributed by atoms with Gasteiger partial charge in [0.1, 0.15) is 5.82 Å². The third-order valence-electron chi connectivity index (χ3n) is 10.9. The number of methoxy groups -OCH3 is 1. The molecule has 13 heteroatoms. The van der Waals surface area contributed by atoms with Gasteiger partial charge >= 0.3 is 0 Å². The first-order valence-corrected chi connectivity index (χ1v) is 19.1. The molecule has 0 unspecified atom stereocenters. The van der Waals surface area contributed by atoms with Gasteiger partial charge in [-0.25, -0.2) is 4.39 Å². The van der Waals surface area contributed by atoms with Crippen molar-refractivity contribution in [2.75, 3.05) is 17.4 Å². The van der Waals surface area contributed by atoms with Gasteiger partial charge in [-0.1, -0.05) is 35.4 Å². The van der Waals surface area contributed by atoms with E-state index >= 15 is 4.79 Å². The van der Waals surface area contributed by atoms with E-state index < -0.39 is 52.6 Å². The number of fused-ring (bicyclic) bond motifs is 4. The minimum absolute atomic E-state index is 0.0767. The summed E-state index contributed by atoms with van der Waals surface area (Å²) in [6.07, 6.45) is 2.32. The summed E-state index contributed by atoms with van der Waals surface area (Å²) in [5.74, 6) is -5.96. The fourth-order valence-electron chi connectivity index (χ4n) is 8.79. The van der Waals surface area contributed by atoms with E-state index in [9.17, 15) is 23.9 Å². The van der Waals surface area contributed by atoms with Crippen molar-refractivity contribution in [2.45, 2.75) is 24.2 Å². The Kier molecular flexibility index (Phi) is 8.84. The van der Waals surface area contributed by atoms with E-state index in [1.807, 2.05) is 40.8 Å². The minimum Gasteiger partial charge on any atom is -0.504 e. The first-order valence-electron chi connectivity index (χ1n) is 16.5. The monoisotopic (exact) mass is 943 g/mol. The normalized spacial score (nSPS) is 26.6. The van der Waals surface area contributed by atoms with Gasteiger partial charge in [0.05, 0.1) is 45.2 Å². The number of phenolic OH excluding ortho intramolecular Hbond substituents is 1. The first-order chi connectivity index (χ1) is 24.9. The van der Waals surface area contributed by atoms with Gasteiger partial charge < -0.3 is 9.84 Å². The number of carbonyl (C=O) groups is 4. The van der Waals surface area contributed by atoms with Crippen LogP contribution in [0.5, 0.6) is 11.5 Å². The summed E-state index contributed by atoms with van der Waals surface area (Å²) in [6.45, 7) is 0. The molecule has 8 rings (SSSR count). The topological polar surface area (TPSA) is 116 Å². The molecule has 0 bridgehead atoms. The molecule has 2 N–H and O–H groups in total. The van der Waals surface area contributed by atoms with Crippen LogP contribution in [-0.4, -0.2) is 40.9 Å². The second kappa shape index (κ2) is 13.1. The van der Waals surface area contributed by atoms with Crippen LogP contribution in [0.1, 0.15) is 29.9 Å². The maximum atomic E-state index is 15.3. The quantitative estimate of drug-likeness (QED) is 0.116. The molecular formula is C39H29ClFI2N3O6. The highest BCUT2D eigenvalue weighted by atomic mass is 127. The third kappa shape index (κ3) is 5.26. The molecule has 0 spiro atoms. The molecule has 0 aromatic heterocycles. The largest absolute Gasteiger partial charge is 0.504 e. The van der Waals surface area contributed by atoms with Crippen molar-refractivity contribution in [3.8, 4) is 11.5 Å². The number of imide groups is 2. The molecule has 9 nitrogen and oxygen atoms in total. The zero-order valence-electron chi connectivity index (χ0n) is 27.4. The SMILES string of the molecule is COc1cc([C@H]2C3=CC[C@@H]4C(=O)N(c5ccc(I)cc5)C(=O)[C@@H]4[C@@H]3C[C@H]3C(=O)N(Nc4ccc(F)cc4)C(=O)[C@@]23c2ccc(Cl)cc2)cc(I)c1O. The van der Waals surface area contributed by atoms with Crippen LogP contribution in [-0.2, 0) is 24.6 Å². The highest BCUT2D eigenvalue weighted by molar-refractivity contribution is 14.1. The van der Waals surface area contributed by atoms with Gasteiger partial charge in [-0.3, -0.25) is 29.5 Å². The van der Waals surface area contributed by atoms with Crippen LogP contribution < -0.4 is 15.1 Å². The number of rotatable bonds is 6. The molecule has 4 aliphatic rings. The number of phenols is 1. The highest BCUT2D eigenvalue weighted by Gasteiger charge is 2.70. The van der Waals surface area contributed by atoms with Gasteiger partial charge in [-0.05, 0) is 148 Å². The van der Waals surface area contributed by atoms with E-state index in [0.717, 1.165) is 14.2 Å². The smallest absolute Gasteiger partial charge is 0.260 e. The highest BCUT2D eigenvalue weighted by Crippen LogP contribution is 2.64. The zero-order valence-corrected chi connectivity index (χ0v) is 32.4. The van der Waals surface area contributed by atoms with Crippen molar-refractivity contribution < 1.29 is 33.4 Å². The summed E-state index contributed by atoms with van der Waals surface area (Å²) >= 11 is 10.5. The van der Waals surface area contributed by atoms with Crippen LogP contribution in [0.15, 0.2) is 96.6 Å². The van der Waals surface area contributed by atoms with Crippen molar-refractivity contribution in [1.82, 2.24) is 5.01 Å². The number of benzene rings is 4. The van der Waals surface area contributed by atoms with Crippen molar-refractivity contribution >= 4 is 91.8 Å². The molecule has 4 amide bonds. The van der Waals surface area contributed by atoms with Gasteiger partial charge in [0.25, 0.3) is 11.8 Å². The van der Waals surface area contributed by atoms with Crippen molar-refractivity contribution in [2.24, 2.45) is 23.7 Å². The Hall–Kier alpha value is -4.02. The minimum atomic E-state index is -1.56. The lowest BCUT2D eigenvalue weighted by Crippen LogP contribution is -2.53. The number of halogens is 4. The van der Waals surface area contributed by atoms with Crippen molar-refractivity contribution in [1.29, 1.82) is 0 Å². The number of hydrazine groups is 1. The summed E-state index contributed by atoms with van der Waals surface area (Å²) in [7, 11) is 1.43. The van der Waals surface area contributed by atoms with Gasteiger partial charge in [-0.15, -0.1) is 0 Å². The molecule has 264 valence electrons. The number of ether oxygens (including phenoxy) is 1. The van der Waals surface area contributed by atoms with Crippen molar-refractivity contribution in [3.05, 3.63) is 126 Å². The molecule has 52 heavy (non-hydrogen) atoms. The molecule has 2 aliphatic carbocycles. The van der Waals surface area contributed by atoms with Crippen LogP contribution in [0, 0.1) is 36.6 Å². The van der Waals surface area contributed by atoms with E-state index in [1.165, 1.54) is 36.3 Å². The average Bonchev–Trinajstić information content (AvgIpc) is 3.51. The van der Waals surface area contributed by atoms with E-state index in [4.69, 9.17) is 16.3 Å². The van der Waals surface area contributed by atoms with Crippen LogP contribution in [0.4, 0.5) is 15.8 Å². The summed E-state index contributed by atoms with van der Waals surface area (Å²) in [5, 5.41) is 12.3. The number of anilines is 2. The van der Waals surface area contributed by atoms with Gasteiger partial charge in [0.15, 0.2) is 11.5 Å². The first kappa shape index (κ1) is 35.0. The Morgan fingerprint density at radius 3 is 2.27 bits per heavy atom. The summed E-state index contributed by atoms with van der Waals surface area (Å²) < 4.78 is 20.9. The lowest BCUT2D eigenvalue weighted by atomic mass is 9.49. The van der Waals surface area contributed by atoms with E-state index in [1.54, 1.807) is 48.5 Å². The second-order valence-corrected chi connectivity index (χ2v) is 16.3. The number of allylic oxidation sites excluding steroid dienone is 2. The average molecular weight is 944 g/mol.